The molecule has 1 atom stereocenters. The highest BCUT2D eigenvalue weighted by Crippen LogP contribution is 2.14. The first-order valence-electron chi connectivity index (χ1n) is 5.04. The molecule has 0 saturated carbocycles. The SMILES string of the molecule is COC(C)C(=O)N(C)C1CCOCC1. The molecule has 1 aliphatic rings. The molecule has 4 heteroatoms. The number of hydrogen-bond donors (Lipinski definition) is 0. The second-order valence-corrected chi connectivity index (χ2v) is 3.67. The van der Waals surface area contributed by atoms with Crippen LogP contribution in [0.1, 0.15) is 19.8 Å². The van der Waals surface area contributed by atoms with Gasteiger partial charge in [-0.2, -0.15) is 0 Å². The van der Waals surface area contributed by atoms with Crippen molar-refractivity contribution < 1.29 is 14.3 Å². The quantitative estimate of drug-likeness (QED) is 0.673. The summed E-state index contributed by atoms with van der Waals surface area (Å²) in [5.74, 6) is 0.0550. The van der Waals surface area contributed by atoms with Gasteiger partial charge in [0, 0.05) is 33.4 Å². The van der Waals surface area contributed by atoms with E-state index in [1.165, 1.54) is 0 Å². The molecule has 1 fully saturated rings. The minimum atomic E-state index is -0.345. The Morgan fingerprint density at radius 1 is 1.50 bits per heavy atom. The summed E-state index contributed by atoms with van der Waals surface area (Å²) in [5.41, 5.74) is 0. The van der Waals surface area contributed by atoms with Gasteiger partial charge in [-0.3, -0.25) is 4.79 Å². The number of hydrogen-bond acceptors (Lipinski definition) is 3. The Morgan fingerprint density at radius 2 is 2.07 bits per heavy atom. The summed E-state index contributed by atoms with van der Waals surface area (Å²) >= 11 is 0. The van der Waals surface area contributed by atoms with Gasteiger partial charge in [-0.1, -0.05) is 0 Å². The van der Waals surface area contributed by atoms with Crippen molar-refractivity contribution in [3.63, 3.8) is 0 Å². The molecule has 1 saturated heterocycles. The van der Waals surface area contributed by atoms with Crippen molar-refractivity contribution in [3.8, 4) is 0 Å². The maximum absolute atomic E-state index is 11.7. The van der Waals surface area contributed by atoms with E-state index in [4.69, 9.17) is 9.47 Å². The molecule has 0 radical (unpaired) electrons. The van der Waals surface area contributed by atoms with E-state index in [1.807, 2.05) is 7.05 Å². The Morgan fingerprint density at radius 3 is 2.57 bits per heavy atom. The Hall–Kier alpha value is -0.610. The number of methoxy groups -OCH3 is 1. The predicted octanol–water partition coefficient (Wildman–Crippen LogP) is 0.659. The van der Waals surface area contributed by atoms with Gasteiger partial charge >= 0.3 is 0 Å². The number of likely N-dealkylation sites (N-methyl/N-ethyl adjacent to an activating group) is 1. The van der Waals surface area contributed by atoms with Crippen LogP contribution in [-0.2, 0) is 14.3 Å². The lowest BCUT2D eigenvalue weighted by Crippen LogP contribution is -2.45. The molecule has 1 heterocycles. The van der Waals surface area contributed by atoms with E-state index in [0.29, 0.717) is 6.04 Å². The van der Waals surface area contributed by atoms with E-state index >= 15 is 0 Å². The van der Waals surface area contributed by atoms with Crippen LogP contribution in [0.5, 0.6) is 0 Å². The van der Waals surface area contributed by atoms with Crippen LogP contribution in [0.25, 0.3) is 0 Å². The van der Waals surface area contributed by atoms with Gasteiger partial charge in [-0.05, 0) is 19.8 Å². The van der Waals surface area contributed by atoms with Crippen LogP contribution in [0.15, 0.2) is 0 Å². The molecule has 0 spiro atoms. The molecule has 0 N–H and O–H groups in total. The second-order valence-electron chi connectivity index (χ2n) is 3.67. The summed E-state index contributed by atoms with van der Waals surface area (Å²) in [5, 5.41) is 0. The van der Waals surface area contributed by atoms with E-state index in [9.17, 15) is 4.79 Å². The zero-order valence-corrected chi connectivity index (χ0v) is 9.16. The number of amides is 1. The molecule has 0 aromatic heterocycles. The fraction of sp³-hybridized carbons (Fsp3) is 0.900. The molecule has 1 rings (SSSR count). The van der Waals surface area contributed by atoms with Gasteiger partial charge in [0.25, 0.3) is 5.91 Å². The summed E-state index contributed by atoms with van der Waals surface area (Å²) in [6.45, 7) is 3.28. The molecule has 82 valence electrons. The van der Waals surface area contributed by atoms with Crippen molar-refractivity contribution in [2.45, 2.75) is 31.9 Å². The van der Waals surface area contributed by atoms with Crippen LogP contribution in [0.2, 0.25) is 0 Å². The molecule has 0 aromatic rings. The van der Waals surface area contributed by atoms with Crippen molar-refractivity contribution in [2.24, 2.45) is 0 Å². The zero-order chi connectivity index (χ0) is 10.6. The first kappa shape index (κ1) is 11.5. The first-order chi connectivity index (χ1) is 6.66. The molecule has 1 amide bonds. The Labute approximate surface area is 85.2 Å². The summed E-state index contributed by atoms with van der Waals surface area (Å²) < 4.78 is 10.2. The van der Waals surface area contributed by atoms with E-state index < -0.39 is 0 Å². The molecule has 0 aliphatic carbocycles. The molecule has 1 unspecified atom stereocenters. The molecular formula is C10H19NO3. The van der Waals surface area contributed by atoms with Gasteiger partial charge in [0.2, 0.25) is 0 Å². The highest BCUT2D eigenvalue weighted by molar-refractivity contribution is 5.80. The number of carbonyl (C=O) groups is 1. The lowest BCUT2D eigenvalue weighted by molar-refractivity contribution is -0.143. The van der Waals surface area contributed by atoms with Gasteiger partial charge in [0.1, 0.15) is 6.10 Å². The Kier molecular flexibility index (Phi) is 4.35. The fourth-order valence-corrected chi connectivity index (χ4v) is 1.64. The third-order valence-corrected chi connectivity index (χ3v) is 2.79. The van der Waals surface area contributed by atoms with Crippen LogP contribution in [0.4, 0.5) is 0 Å². The van der Waals surface area contributed by atoms with E-state index in [-0.39, 0.29) is 12.0 Å². The molecule has 14 heavy (non-hydrogen) atoms. The maximum atomic E-state index is 11.7. The van der Waals surface area contributed by atoms with Gasteiger partial charge < -0.3 is 14.4 Å². The third kappa shape index (κ3) is 2.69. The van der Waals surface area contributed by atoms with Crippen molar-refractivity contribution in [3.05, 3.63) is 0 Å². The van der Waals surface area contributed by atoms with Gasteiger partial charge in [-0.25, -0.2) is 0 Å². The molecule has 4 nitrogen and oxygen atoms in total. The Balaban J connectivity index is 2.45. The van der Waals surface area contributed by atoms with Crippen LogP contribution >= 0.6 is 0 Å². The van der Waals surface area contributed by atoms with E-state index in [1.54, 1.807) is 18.9 Å². The lowest BCUT2D eigenvalue weighted by Gasteiger charge is -2.32. The van der Waals surface area contributed by atoms with E-state index in [2.05, 4.69) is 0 Å². The minimum absolute atomic E-state index is 0.0550. The van der Waals surface area contributed by atoms with Gasteiger partial charge in [0.05, 0.1) is 0 Å². The van der Waals surface area contributed by atoms with Gasteiger partial charge in [0.15, 0.2) is 0 Å². The van der Waals surface area contributed by atoms with Crippen molar-refractivity contribution >= 4 is 5.91 Å². The van der Waals surface area contributed by atoms with Gasteiger partial charge in [-0.15, -0.1) is 0 Å². The summed E-state index contributed by atoms with van der Waals surface area (Å²) in [7, 11) is 3.40. The molecule has 0 bridgehead atoms. The number of ether oxygens (including phenoxy) is 2. The van der Waals surface area contributed by atoms with E-state index in [0.717, 1.165) is 26.1 Å². The van der Waals surface area contributed by atoms with Crippen molar-refractivity contribution in [2.75, 3.05) is 27.4 Å². The van der Waals surface area contributed by atoms with Crippen LogP contribution in [0.3, 0.4) is 0 Å². The number of carbonyl (C=O) groups excluding carboxylic acids is 1. The topological polar surface area (TPSA) is 38.8 Å². The van der Waals surface area contributed by atoms with Crippen LogP contribution < -0.4 is 0 Å². The average molecular weight is 201 g/mol. The maximum Gasteiger partial charge on any atom is 0.251 e. The summed E-state index contributed by atoms with van der Waals surface area (Å²) in [6.07, 6.45) is 1.51. The van der Waals surface area contributed by atoms with Crippen LogP contribution in [0, 0.1) is 0 Å². The normalized spacial score (nSPS) is 20.5. The monoisotopic (exact) mass is 201 g/mol. The smallest absolute Gasteiger partial charge is 0.251 e. The number of rotatable bonds is 3. The summed E-state index contributed by atoms with van der Waals surface area (Å²) in [4.78, 5) is 13.5. The number of nitrogens with zero attached hydrogens (tertiary/aromatic N) is 1. The highest BCUT2D eigenvalue weighted by atomic mass is 16.5. The minimum Gasteiger partial charge on any atom is -0.381 e. The first-order valence-corrected chi connectivity index (χ1v) is 5.04. The second kappa shape index (κ2) is 5.32. The standard InChI is InChI=1S/C10H19NO3/c1-8(13-3)10(12)11(2)9-4-6-14-7-5-9/h8-9H,4-7H2,1-3H3. The molecule has 0 aromatic carbocycles. The average Bonchev–Trinajstić information content (AvgIpc) is 2.27. The largest absolute Gasteiger partial charge is 0.381 e. The van der Waals surface area contributed by atoms with Crippen LogP contribution in [-0.4, -0.2) is 50.3 Å². The zero-order valence-electron chi connectivity index (χ0n) is 9.16. The van der Waals surface area contributed by atoms with Crippen molar-refractivity contribution in [1.29, 1.82) is 0 Å². The Bertz CT molecular complexity index is 190. The summed E-state index contributed by atoms with van der Waals surface area (Å²) in [6, 6.07) is 0.314. The molecular weight excluding hydrogens is 182 g/mol. The fourth-order valence-electron chi connectivity index (χ4n) is 1.64. The highest BCUT2D eigenvalue weighted by Gasteiger charge is 2.25. The predicted molar refractivity (Wildman–Crippen MR) is 53.1 cm³/mol. The molecule has 1 aliphatic heterocycles. The van der Waals surface area contributed by atoms with Crippen molar-refractivity contribution in [1.82, 2.24) is 4.90 Å². The third-order valence-electron chi connectivity index (χ3n) is 2.79. The lowest BCUT2D eigenvalue weighted by atomic mass is 10.1.